The van der Waals surface area contributed by atoms with Crippen molar-refractivity contribution >= 4 is 23.3 Å². The van der Waals surface area contributed by atoms with E-state index in [0.717, 1.165) is 28.7 Å². The van der Waals surface area contributed by atoms with Crippen LogP contribution in [0.3, 0.4) is 0 Å². The fraction of sp³-hybridized carbons (Fsp3) is 0.0625. The van der Waals surface area contributed by atoms with Gasteiger partial charge in [0.1, 0.15) is 12.4 Å². The second-order valence-electron chi connectivity index (χ2n) is 4.93. The number of benzene rings is 2. The molecule has 3 aromatic rings. The Kier molecular flexibility index (Phi) is 6.27. The minimum atomic E-state index is -4.97. The van der Waals surface area contributed by atoms with E-state index in [0.29, 0.717) is 5.75 Å². The second-order valence-corrected chi connectivity index (χ2v) is 4.93. The third kappa shape index (κ3) is 4.81. The van der Waals surface area contributed by atoms with Crippen molar-refractivity contribution in [1.82, 2.24) is 4.98 Å². The molecule has 1 aromatic heterocycles. The first-order valence-corrected chi connectivity index (χ1v) is 6.80. The van der Waals surface area contributed by atoms with Crippen molar-refractivity contribution in [3.63, 3.8) is 0 Å². The summed E-state index contributed by atoms with van der Waals surface area (Å²) in [6.45, 7) is -4.76. The number of fused-ring (bicyclic) bond motifs is 1. The van der Waals surface area contributed by atoms with Crippen LogP contribution in [-0.4, -0.2) is 12.0 Å². The minimum Gasteiger partial charge on any atom is -0.487 e. The molecule has 7 heteroatoms. The van der Waals surface area contributed by atoms with Gasteiger partial charge in [0, 0.05) is 5.39 Å². The number of hydrogen-bond acceptors (Lipinski definition) is 2. The van der Waals surface area contributed by atoms with E-state index in [1.165, 1.54) is 12.1 Å². The predicted molar refractivity (Wildman–Crippen MR) is 81.2 cm³/mol. The molecule has 0 amide bonds. The van der Waals surface area contributed by atoms with Crippen LogP contribution >= 0.6 is 0 Å². The Bertz CT molecular complexity index is 793. The van der Waals surface area contributed by atoms with Gasteiger partial charge in [0.2, 0.25) is 0 Å². The number of hydrogen-bond donors (Lipinski definition) is 0. The summed E-state index contributed by atoms with van der Waals surface area (Å²) in [6.07, 6.45) is 0. The number of nitrogens with zero attached hydrogens (tertiary/aromatic N) is 1. The Morgan fingerprint density at radius 1 is 0.870 bits per heavy atom. The summed E-state index contributed by atoms with van der Waals surface area (Å²) < 4.78 is 43.1. The molecule has 0 atom stereocenters. The number of aromatic nitrogens is 1. The van der Waals surface area contributed by atoms with Gasteiger partial charge in [0.25, 0.3) is 0 Å². The first-order chi connectivity index (χ1) is 10.5. The van der Waals surface area contributed by atoms with E-state index in [2.05, 4.69) is 4.98 Å². The molecule has 0 spiro atoms. The largest absolute Gasteiger partial charge is 1.00 e. The van der Waals surface area contributed by atoms with Gasteiger partial charge in [-0.15, -0.1) is 5.46 Å². The van der Waals surface area contributed by atoms with Crippen molar-refractivity contribution < 1.29 is 69.1 Å². The van der Waals surface area contributed by atoms with Crippen LogP contribution < -0.4 is 61.6 Å². The maximum atomic E-state index is 12.5. The first kappa shape index (κ1) is 18.5. The van der Waals surface area contributed by atoms with Crippen molar-refractivity contribution in [2.45, 2.75) is 6.61 Å². The molecule has 2 nitrogen and oxygen atoms in total. The average molecular weight is 341 g/mol. The van der Waals surface area contributed by atoms with E-state index in [9.17, 15) is 12.9 Å². The molecule has 1 heterocycles. The van der Waals surface area contributed by atoms with Crippen LogP contribution in [0, 0.1) is 0 Å². The van der Waals surface area contributed by atoms with Crippen LogP contribution in [0.4, 0.5) is 12.9 Å². The van der Waals surface area contributed by atoms with E-state index >= 15 is 0 Å². The maximum Gasteiger partial charge on any atom is 1.00 e. The molecule has 0 fully saturated rings. The molecule has 112 valence electrons. The summed E-state index contributed by atoms with van der Waals surface area (Å²) in [4.78, 5) is 4.45. The Morgan fingerprint density at radius 2 is 1.57 bits per heavy atom. The molecule has 0 saturated heterocycles. The van der Waals surface area contributed by atoms with Gasteiger partial charge >= 0.3 is 58.4 Å². The van der Waals surface area contributed by atoms with Crippen LogP contribution in [0.15, 0.2) is 60.7 Å². The monoisotopic (exact) mass is 341 g/mol. The van der Waals surface area contributed by atoms with E-state index in [1.807, 2.05) is 36.4 Å². The molecule has 23 heavy (non-hydrogen) atoms. The number of halogens is 3. The smallest absolute Gasteiger partial charge is 0.487 e. The Balaban J connectivity index is 0.00000192. The summed E-state index contributed by atoms with van der Waals surface area (Å²) in [6, 6.07) is 16.2. The van der Waals surface area contributed by atoms with Gasteiger partial charge in [-0.05, 0) is 24.3 Å². The molecule has 0 aliphatic heterocycles. The summed E-state index contributed by atoms with van der Waals surface area (Å²) in [7, 11) is 0. The van der Waals surface area contributed by atoms with Crippen LogP contribution in [0.5, 0.6) is 5.75 Å². The molecule has 0 unspecified atom stereocenters. The third-order valence-corrected chi connectivity index (χ3v) is 3.30. The van der Waals surface area contributed by atoms with E-state index in [1.54, 1.807) is 0 Å². The topological polar surface area (TPSA) is 22.1 Å². The molecule has 3 rings (SSSR count). The summed E-state index contributed by atoms with van der Waals surface area (Å²) >= 11 is 0. The van der Waals surface area contributed by atoms with Crippen LogP contribution in [-0.2, 0) is 6.61 Å². The van der Waals surface area contributed by atoms with Crippen molar-refractivity contribution in [1.29, 1.82) is 0 Å². The summed E-state index contributed by atoms with van der Waals surface area (Å²) in [5, 5.41) is 1.03. The van der Waals surface area contributed by atoms with Gasteiger partial charge < -0.3 is 17.7 Å². The fourth-order valence-corrected chi connectivity index (χ4v) is 2.13. The molecular weight excluding hydrogens is 329 g/mol. The Hall–Kier alpha value is -0.859. The maximum absolute atomic E-state index is 12.5. The van der Waals surface area contributed by atoms with Crippen molar-refractivity contribution in [3.8, 4) is 5.75 Å². The standard InChI is InChI=1S/C16H12BF3NO.K/c18-17(19,20)13-6-9-15(10-7-13)22-11-14-8-5-12-3-1-2-4-16(12)21-14;/h1-10H,11H2;/q-1;+1. The first-order valence-electron chi connectivity index (χ1n) is 6.80. The van der Waals surface area contributed by atoms with E-state index in [-0.39, 0.29) is 58.0 Å². The van der Waals surface area contributed by atoms with Gasteiger partial charge in [-0.1, -0.05) is 36.4 Å². The molecular formula is C16H12BF3KNO. The van der Waals surface area contributed by atoms with Gasteiger partial charge in [0.05, 0.1) is 11.2 Å². The average Bonchev–Trinajstić information content (AvgIpc) is 2.52. The van der Waals surface area contributed by atoms with Gasteiger partial charge in [-0.3, -0.25) is 0 Å². The Morgan fingerprint density at radius 3 is 2.26 bits per heavy atom. The van der Waals surface area contributed by atoms with E-state index in [4.69, 9.17) is 4.74 Å². The molecule has 0 radical (unpaired) electrons. The molecule has 2 aromatic carbocycles. The van der Waals surface area contributed by atoms with Crippen molar-refractivity contribution in [3.05, 3.63) is 66.4 Å². The second kappa shape index (κ2) is 7.81. The molecule has 0 N–H and O–H groups in total. The molecule has 0 aliphatic rings. The molecule has 0 aliphatic carbocycles. The number of para-hydroxylation sites is 1. The summed E-state index contributed by atoms with van der Waals surface area (Å²) in [5.41, 5.74) is 0.956. The van der Waals surface area contributed by atoms with Crippen LogP contribution in [0.25, 0.3) is 10.9 Å². The predicted octanol–water partition coefficient (Wildman–Crippen LogP) is 0.872. The number of pyridine rings is 1. The third-order valence-electron chi connectivity index (χ3n) is 3.30. The van der Waals surface area contributed by atoms with Gasteiger partial charge in [-0.2, -0.15) is 0 Å². The molecule has 0 saturated carbocycles. The van der Waals surface area contributed by atoms with Gasteiger partial charge in [0.15, 0.2) is 0 Å². The molecule has 0 bridgehead atoms. The number of ether oxygens (including phenoxy) is 1. The van der Waals surface area contributed by atoms with Crippen molar-refractivity contribution in [2.75, 3.05) is 0 Å². The number of rotatable bonds is 4. The fourth-order valence-electron chi connectivity index (χ4n) is 2.13. The SMILES string of the molecule is F[B-](F)(F)c1ccc(OCc2ccc3ccccc3n2)cc1.[K+]. The zero-order valence-corrected chi connectivity index (χ0v) is 15.7. The zero-order chi connectivity index (χ0) is 15.6. The quantitative estimate of drug-likeness (QED) is 0.657. The summed E-state index contributed by atoms with van der Waals surface area (Å²) in [5.74, 6) is 0.388. The van der Waals surface area contributed by atoms with Gasteiger partial charge in [-0.25, -0.2) is 4.98 Å². The van der Waals surface area contributed by atoms with Crippen LogP contribution in [0.2, 0.25) is 0 Å². The van der Waals surface area contributed by atoms with E-state index < -0.39 is 12.4 Å². The minimum absolute atomic E-state index is 0. The Labute approximate surface area is 174 Å². The van der Waals surface area contributed by atoms with Crippen molar-refractivity contribution in [2.24, 2.45) is 0 Å². The zero-order valence-electron chi connectivity index (χ0n) is 12.5. The normalized spacial score (nSPS) is 11.1. The van der Waals surface area contributed by atoms with Crippen LogP contribution in [0.1, 0.15) is 5.69 Å².